The van der Waals surface area contributed by atoms with Crippen molar-refractivity contribution in [2.24, 2.45) is 5.92 Å². The normalized spacial score (nSPS) is 17.3. The first-order chi connectivity index (χ1) is 9.67. The van der Waals surface area contributed by atoms with Crippen LogP contribution < -0.4 is 5.32 Å². The minimum Gasteiger partial charge on any atom is -0.356 e. The number of thiazole rings is 1. The van der Waals surface area contributed by atoms with Crippen molar-refractivity contribution in [3.63, 3.8) is 0 Å². The molecule has 0 atom stereocenters. The predicted octanol–water partition coefficient (Wildman–Crippen LogP) is 2.10. The van der Waals surface area contributed by atoms with Crippen LogP contribution >= 0.6 is 11.3 Å². The predicted molar refractivity (Wildman–Crippen MR) is 83.0 cm³/mol. The SMILES string of the molecule is CCc1nc(CC(=O)NCCC2CCN(C)CC2)cs1. The quantitative estimate of drug-likeness (QED) is 0.874. The summed E-state index contributed by atoms with van der Waals surface area (Å²) in [5.74, 6) is 0.878. The highest BCUT2D eigenvalue weighted by Gasteiger charge is 2.16. The number of rotatable bonds is 6. The molecule has 4 nitrogen and oxygen atoms in total. The Hall–Kier alpha value is -0.940. The van der Waals surface area contributed by atoms with Crippen LogP contribution in [0, 0.1) is 5.92 Å². The second-order valence-electron chi connectivity index (χ2n) is 5.65. The summed E-state index contributed by atoms with van der Waals surface area (Å²) < 4.78 is 0. The lowest BCUT2D eigenvalue weighted by atomic mass is 9.94. The fraction of sp³-hybridized carbons (Fsp3) is 0.733. The van der Waals surface area contributed by atoms with E-state index >= 15 is 0 Å². The van der Waals surface area contributed by atoms with E-state index in [4.69, 9.17) is 0 Å². The first-order valence-electron chi connectivity index (χ1n) is 7.56. The molecule has 0 saturated carbocycles. The first-order valence-corrected chi connectivity index (χ1v) is 8.44. The van der Waals surface area contributed by atoms with Crippen LogP contribution in [0.3, 0.4) is 0 Å². The van der Waals surface area contributed by atoms with Gasteiger partial charge in [0.2, 0.25) is 5.91 Å². The Kier molecular flexibility index (Phi) is 5.98. The number of nitrogens with zero attached hydrogens (tertiary/aromatic N) is 2. The topological polar surface area (TPSA) is 45.2 Å². The Morgan fingerprint density at radius 2 is 2.25 bits per heavy atom. The summed E-state index contributed by atoms with van der Waals surface area (Å²) >= 11 is 1.64. The van der Waals surface area contributed by atoms with Crippen molar-refractivity contribution in [1.29, 1.82) is 0 Å². The van der Waals surface area contributed by atoms with Gasteiger partial charge in [0.15, 0.2) is 0 Å². The maximum atomic E-state index is 11.8. The number of carbonyl (C=O) groups is 1. The van der Waals surface area contributed by atoms with Gasteiger partial charge in [-0.05, 0) is 51.7 Å². The Balaban J connectivity index is 1.62. The maximum absolute atomic E-state index is 11.8. The molecule has 1 N–H and O–H groups in total. The van der Waals surface area contributed by atoms with Crippen LogP contribution in [0.25, 0.3) is 0 Å². The van der Waals surface area contributed by atoms with Gasteiger partial charge in [-0.1, -0.05) is 6.92 Å². The molecule has 1 fully saturated rings. The van der Waals surface area contributed by atoms with Crippen LogP contribution in [-0.4, -0.2) is 42.5 Å². The Bertz CT molecular complexity index is 425. The average molecular weight is 295 g/mol. The summed E-state index contributed by atoms with van der Waals surface area (Å²) in [7, 11) is 2.18. The third-order valence-corrected chi connectivity index (χ3v) is 5.00. The Labute approximate surface area is 125 Å². The zero-order valence-corrected chi connectivity index (χ0v) is 13.3. The summed E-state index contributed by atoms with van der Waals surface area (Å²) in [5.41, 5.74) is 0.906. The number of carbonyl (C=O) groups excluding carboxylic acids is 1. The molecular weight excluding hydrogens is 270 g/mol. The molecule has 1 saturated heterocycles. The molecule has 1 aliphatic heterocycles. The third-order valence-electron chi connectivity index (χ3n) is 3.96. The number of likely N-dealkylation sites (tertiary alicyclic amines) is 1. The molecule has 0 aromatic carbocycles. The molecule has 0 spiro atoms. The smallest absolute Gasteiger partial charge is 0.226 e. The lowest BCUT2D eigenvalue weighted by Crippen LogP contribution is -2.33. The van der Waals surface area contributed by atoms with E-state index in [0.29, 0.717) is 6.42 Å². The molecular formula is C15H25N3OS. The van der Waals surface area contributed by atoms with Crippen molar-refractivity contribution in [3.8, 4) is 0 Å². The van der Waals surface area contributed by atoms with Crippen molar-refractivity contribution in [2.45, 2.75) is 39.0 Å². The van der Waals surface area contributed by atoms with Crippen molar-refractivity contribution in [1.82, 2.24) is 15.2 Å². The molecule has 0 unspecified atom stereocenters. The molecule has 112 valence electrons. The lowest BCUT2D eigenvalue weighted by molar-refractivity contribution is -0.120. The largest absolute Gasteiger partial charge is 0.356 e. The van der Waals surface area contributed by atoms with Crippen LogP contribution in [0.4, 0.5) is 0 Å². The number of aromatic nitrogens is 1. The van der Waals surface area contributed by atoms with E-state index in [-0.39, 0.29) is 5.91 Å². The molecule has 1 amide bonds. The van der Waals surface area contributed by atoms with E-state index in [1.54, 1.807) is 11.3 Å². The van der Waals surface area contributed by atoms with E-state index in [1.807, 2.05) is 5.38 Å². The highest BCUT2D eigenvalue weighted by molar-refractivity contribution is 7.09. The highest BCUT2D eigenvalue weighted by Crippen LogP contribution is 2.18. The van der Waals surface area contributed by atoms with Crippen molar-refractivity contribution in [3.05, 3.63) is 16.1 Å². The number of hydrogen-bond acceptors (Lipinski definition) is 4. The summed E-state index contributed by atoms with van der Waals surface area (Å²) in [6, 6.07) is 0. The second-order valence-corrected chi connectivity index (χ2v) is 6.59. The molecule has 1 aliphatic rings. The van der Waals surface area contributed by atoms with Gasteiger partial charge in [0.1, 0.15) is 0 Å². The van der Waals surface area contributed by atoms with Gasteiger partial charge in [-0.25, -0.2) is 4.98 Å². The van der Waals surface area contributed by atoms with Gasteiger partial charge in [-0.3, -0.25) is 4.79 Å². The van der Waals surface area contributed by atoms with E-state index in [1.165, 1.54) is 25.9 Å². The van der Waals surface area contributed by atoms with Gasteiger partial charge in [0.05, 0.1) is 17.1 Å². The molecule has 0 radical (unpaired) electrons. The van der Waals surface area contributed by atoms with Crippen molar-refractivity contribution >= 4 is 17.2 Å². The number of hydrogen-bond donors (Lipinski definition) is 1. The second kappa shape index (κ2) is 7.74. The minimum absolute atomic E-state index is 0.103. The standard InChI is InChI=1S/C15H25N3OS/c1-3-15-17-13(11-20-15)10-14(19)16-7-4-12-5-8-18(2)9-6-12/h11-12H,3-10H2,1-2H3,(H,16,19). The summed E-state index contributed by atoms with van der Waals surface area (Å²) in [6.07, 6.45) is 5.00. The Morgan fingerprint density at radius 3 is 2.90 bits per heavy atom. The molecule has 5 heteroatoms. The Morgan fingerprint density at radius 1 is 1.50 bits per heavy atom. The van der Waals surface area contributed by atoms with Crippen molar-refractivity contribution in [2.75, 3.05) is 26.7 Å². The van der Waals surface area contributed by atoms with E-state index < -0.39 is 0 Å². The third kappa shape index (κ3) is 4.87. The average Bonchev–Trinajstić information content (AvgIpc) is 2.88. The maximum Gasteiger partial charge on any atom is 0.226 e. The van der Waals surface area contributed by atoms with Gasteiger partial charge in [-0.2, -0.15) is 0 Å². The fourth-order valence-corrected chi connectivity index (χ4v) is 3.33. The fourth-order valence-electron chi connectivity index (χ4n) is 2.59. The lowest BCUT2D eigenvalue weighted by Gasteiger charge is -2.28. The molecule has 0 bridgehead atoms. The number of piperidine rings is 1. The number of aryl methyl sites for hydroxylation is 1. The van der Waals surface area contributed by atoms with Crippen LogP contribution in [0.1, 0.15) is 36.9 Å². The summed E-state index contributed by atoms with van der Waals surface area (Å²) in [5, 5.41) is 6.13. The van der Waals surface area contributed by atoms with Crippen LogP contribution in [0.15, 0.2) is 5.38 Å². The molecule has 20 heavy (non-hydrogen) atoms. The molecule has 1 aromatic rings. The molecule has 0 aliphatic carbocycles. The van der Waals surface area contributed by atoms with Gasteiger partial charge in [0, 0.05) is 11.9 Å². The van der Waals surface area contributed by atoms with Crippen LogP contribution in [-0.2, 0) is 17.6 Å². The summed E-state index contributed by atoms with van der Waals surface area (Å²) in [4.78, 5) is 18.7. The molecule has 2 rings (SSSR count). The summed E-state index contributed by atoms with van der Waals surface area (Å²) in [6.45, 7) is 5.27. The minimum atomic E-state index is 0.103. The van der Waals surface area contributed by atoms with E-state index in [9.17, 15) is 4.79 Å². The van der Waals surface area contributed by atoms with E-state index in [2.05, 4.69) is 29.2 Å². The number of nitrogens with one attached hydrogen (secondary N) is 1. The molecule has 2 heterocycles. The van der Waals surface area contributed by atoms with Gasteiger partial charge >= 0.3 is 0 Å². The van der Waals surface area contributed by atoms with Crippen molar-refractivity contribution < 1.29 is 4.79 Å². The molecule has 1 aromatic heterocycles. The first kappa shape index (κ1) is 15.4. The van der Waals surface area contributed by atoms with Gasteiger partial charge < -0.3 is 10.2 Å². The van der Waals surface area contributed by atoms with Crippen LogP contribution in [0.5, 0.6) is 0 Å². The van der Waals surface area contributed by atoms with E-state index in [0.717, 1.165) is 36.0 Å². The highest BCUT2D eigenvalue weighted by atomic mass is 32.1. The van der Waals surface area contributed by atoms with Crippen LogP contribution in [0.2, 0.25) is 0 Å². The zero-order valence-electron chi connectivity index (χ0n) is 12.5. The van der Waals surface area contributed by atoms with Gasteiger partial charge in [0.25, 0.3) is 0 Å². The van der Waals surface area contributed by atoms with Gasteiger partial charge in [-0.15, -0.1) is 11.3 Å². The number of amides is 1. The monoisotopic (exact) mass is 295 g/mol. The zero-order chi connectivity index (χ0) is 14.4.